The quantitative estimate of drug-likeness (QED) is 0.584. The summed E-state index contributed by atoms with van der Waals surface area (Å²) in [5, 5.41) is 15.6. The average Bonchev–Trinajstić information content (AvgIpc) is 3.40. The molecule has 0 spiro atoms. The number of aryl methyl sites for hydroxylation is 2. The maximum atomic E-state index is 13.8. The monoisotopic (exact) mass is 472 g/mol. The van der Waals surface area contributed by atoms with Crippen molar-refractivity contribution in [1.82, 2.24) is 24.9 Å². The number of aromatic nitrogens is 4. The molecule has 166 valence electrons. The lowest BCUT2D eigenvalue weighted by Gasteiger charge is -2.32. The van der Waals surface area contributed by atoms with Crippen molar-refractivity contribution in [3.05, 3.63) is 50.1 Å². The molecule has 2 atom stereocenters. The first-order valence-electron chi connectivity index (χ1n) is 9.49. The molecule has 4 heterocycles. The maximum absolute atomic E-state index is 13.8. The van der Waals surface area contributed by atoms with Gasteiger partial charge in [-0.2, -0.15) is 23.4 Å². The summed E-state index contributed by atoms with van der Waals surface area (Å²) in [4.78, 5) is 13.5. The van der Waals surface area contributed by atoms with Gasteiger partial charge >= 0.3 is 6.18 Å². The minimum absolute atomic E-state index is 0.00692. The van der Waals surface area contributed by atoms with Gasteiger partial charge in [0.2, 0.25) is 0 Å². The average molecular weight is 473 g/mol. The van der Waals surface area contributed by atoms with Crippen LogP contribution in [-0.4, -0.2) is 31.6 Å². The van der Waals surface area contributed by atoms with Crippen LogP contribution in [0.15, 0.2) is 17.5 Å². The van der Waals surface area contributed by atoms with Crippen LogP contribution >= 0.6 is 22.9 Å². The number of amides is 1. The molecule has 7 nitrogen and oxygen atoms in total. The molecule has 0 radical (unpaired) electrons. The van der Waals surface area contributed by atoms with Crippen LogP contribution in [0.4, 0.5) is 19.0 Å². The molecule has 3 aromatic rings. The second-order valence-corrected chi connectivity index (χ2v) is 8.77. The molecule has 4 rings (SSSR count). The van der Waals surface area contributed by atoms with Gasteiger partial charge in [0.15, 0.2) is 11.7 Å². The van der Waals surface area contributed by atoms with Crippen LogP contribution in [0.25, 0.3) is 0 Å². The number of anilines is 1. The third-order valence-electron chi connectivity index (χ3n) is 5.48. The summed E-state index contributed by atoms with van der Waals surface area (Å²) in [5.41, 5.74) is 2.23. The first-order chi connectivity index (χ1) is 14.6. The Labute approximate surface area is 185 Å². The molecule has 31 heavy (non-hydrogen) atoms. The largest absolute Gasteiger partial charge is 0.410 e. The van der Waals surface area contributed by atoms with E-state index in [1.165, 1.54) is 11.3 Å². The number of nitrogens with one attached hydrogen (secondary N) is 2. The number of rotatable bonds is 4. The van der Waals surface area contributed by atoms with Crippen molar-refractivity contribution in [2.75, 3.05) is 5.32 Å². The van der Waals surface area contributed by atoms with E-state index >= 15 is 0 Å². The Morgan fingerprint density at radius 3 is 2.71 bits per heavy atom. The standard InChI is InChI=1S/C19H20ClF3N6OS/c1-9-11(10(2)28(3)26-9)8-24-18(30)16-15(20)17-25-12(13-5-4-6-31-13)7-14(19(21,22)23)29(17)27-16/h4-6,12,14,25H,7-8H2,1-3H3,(H,24,30)/t12-,14-/m0/s1. The van der Waals surface area contributed by atoms with Gasteiger partial charge in [-0.3, -0.25) is 9.48 Å². The first kappa shape index (κ1) is 21.7. The fourth-order valence-corrected chi connectivity index (χ4v) is 4.79. The summed E-state index contributed by atoms with van der Waals surface area (Å²) in [5.74, 6) is -0.655. The highest BCUT2D eigenvalue weighted by Crippen LogP contribution is 2.46. The predicted octanol–water partition coefficient (Wildman–Crippen LogP) is 4.54. The SMILES string of the molecule is Cc1nn(C)c(C)c1CNC(=O)c1nn2c(c1Cl)N[C@H](c1cccs1)C[C@H]2C(F)(F)F. The van der Waals surface area contributed by atoms with Crippen LogP contribution < -0.4 is 10.6 Å². The van der Waals surface area contributed by atoms with Gasteiger partial charge < -0.3 is 10.6 Å². The highest BCUT2D eigenvalue weighted by molar-refractivity contribution is 7.10. The van der Waals surface area contributed by atoms with Gasteiger partial charge in [0.25, 0.3) is 5.91 Å². The van der Waals surface area contributed by atoms with Crippen LogP contribution in [0.2, 0.25) is 5.02 Å². The molecule has 12 heteroatoms. The molecule has 3 aromatic heterocycles. The number of nitrogens with zero attached hydrogens (tertiary/aromatic N) is 4. The molecule has 0 fully saturated rings. The van der Waals surface area contributed by atoms with E-state index in [2.05, 4.69) is 20.8 Å². The zero-order valence-electron chi connectivity index (χ0n) is 16.9. The van der Waals surface area contributed by atoms with E-state index in [0.717, 1.165) is 26.5 Å². The van der Waals surface area contributed by atoms with Gasteiger partial charge in [-0.25, -0.2) is 4.68 Å². The number of carbonyl (C=O) groups is 1. The van der Waals surface area contributed by atoms with E-state index in [4.69, 9.17) is 11.6 Å². The second kappa shape index (κ2) is 7.86. The molecule has 1 amide bonds. The summed E-state index contributed by atoms with van der Waals surface area (Å²) in [7, 11) is 1.79. The zero-order valence-corrected chi connectivity index (χ0v) is 18.5. The molecular formula is C19H20ClF3N6OS. The number of hydrogen-bond acceptors (Lipinski definition) is 5. The Kier molecular flexibility index (Phi) is 5.50. The van der Waals surface area contributed by atoms with Crippen LogP contribution in [0.5, 0.6) is 0 Å². The van der Waals surface area contributed by atoms with Gasteiger partial charge in [0.1, 0.15) is 10.8 Å². The van der Waals surface area contributed by atoms with E-state index in [0.29, 0.717) is 0 Å². The van der Waals surface area contributed by atoms with Crippen molar-refractivity contribution < 1.29 is 18.0 Å². The Bertz CT molecular complexity index is 1120. The summed E-state index contributed by atoms with van der Waals surface area (Å²) in [6.45, 7) is 3.85. The lowest BCUT2D eigenvalue weighted by Crippen LogP contribution is -2.35. The summed E-state index contributed by atoms with van der Waals surface area (Å²) >= 11 is 7.70. The van der Waals surface area contributed by atoms with E-state index in [1.807, 2.05) is 13.8 Å². The van der Waals surface area contributed by atoms with Gasteiger partial charge in [-0.05, 0) is 25.3 Å². The van der Waals surface area contributed by atoms with Gasteiger partial charge in [-0.1, -0.05) is 17.7 Å². The molecule has 0 aromatic carbocycles. The fourth-order valence-electron chi connectivity index (χ4n) is 3.74. The minimum Gasteiger partial charge on any atom is -0.361 e. The molecule has 1 aliphatic rings. The third kappa shape index (κ3) is 3.91. The molecule has 0 saturated carbocycles. The second-order valence-electron chi connectivity index (χ2n) is 7.42. The van der Waals surface area contributed by atoms with Crippen LogP contribution in [-0.2, 0) is 13.6 Å². The Balaban J connectivity index is 1.63. The van der Waals surface area contributed by atoms with Crippen molar-refractivity contribution in [1.29, 1.82) is 0 Å². The molecule has 0 bridgehead atoms. The maximum Gasteiger partial charge on any atom is 0.410 e. The number of fused-ring (bicyclic) bond motifs is 1. The van der Waals surface area contributed by atoms with Crippen molar-refractivity contribution in [2.24, 2.45) is 7.05 Å². The lowest BCUT2D eigenvalue weighted by atomic mass is 10.0. The fraction of sp³-hybridized carbons (Fsp3) is 0.421. The number of thiophene rings is 1. The molecule has 0 unspecified atom stereocenters. The normalized spacial score (nSPS) is 18.5. The molecule has 2 N–H and O–H groups in total. The molecule has 0 saturated heterocycles. The minimum atomic E-state index is -4.54. The highest BCUT2D eigenvalue weighted by atomic mass is 35.5. The van der Waals surface area contributed by atoms with Gasteiger partial charge in [0.05, 0.1) is 11.7 Å². The number of carbonyl (C=O) groups excluding carboxylic acids is 1. The van der Waals surface area contributed by atoms with Crippen molar-refractivity contribution >= 4 is 34.7 Å². The smallest absolute Gasteiger partial charge is 0.361 e. The number of alkyl halides is 3. The van der Waals surface area contributed by atoms with Crippen molar-refractivity contribution in [2.45, 2.75) is 45.1 Å². The Morgan fingerprint density at radius 1 is 1.39 bits per heavy atom. The van der Waals surface area contributed by atoms with Crippen LogP contribution in [0.3, 0.4) is 0 Å². The lowest BCUT2D eigenvalue weighted by molar-refractivity contribution is -0.173. The van der Waals surface area contributed by atoms with Crippen molar-refractivity contribution in [3.8, 4) is 0 Å². The van der Waals surface area contributed by atoms with E-state index in [1.54, 1.807) is 29.2 Å². The third-order valence-corrected chi connectivity index (χ3v) is 6.83. The topological polar surface area (TPSA) is 76.8 Å². The predicted molar refractivity (Wildman–Crippen MR) is 111 cm³/mol. The van der Waals surface area contributed by atoms with E-state index in [-0.39, 0.29) is 29.5 Å². The first-order valence-corrected chi connectivity index (χ1v) is 10.8. The Hall–Kier alpha value is -2.53. The molecule has 0 aliphatic carbocycles. The van der Waals surface area contributed by atoms with E-state index < -0.39 is 24.2 Å². The number of halogens is 4. The molecule has 1 aliphatic heterocycles. The molecular weight excluding hydrogens is 453 g/mol. The van der Waals surface area contributed by atoms with Gasteiger partial charge in [0, 0.05) is 36.1 Å². The zero-order chi connectivity index (χ0) is 22.5. The number of hydrogen-bond donors (Lipinski definition) is 2. The highest BCUT2D eigenvalue weighted by Gasteiger charge is 2.48. The summed E-state index contributed by atoms with van der Waals surface area (Å²) in [6.07, 6.45) is -4.79. The van der Waals surface area contributed by atoms with Crippen LogP contribution in [0.1, 0.15) is 50.8 Å². The van der Waals surface area contributed by atoms with Crippen molar-refractivity contribution in [3.63, 3.8) is 0 Å². The summed E-state index contributed by atoms with van der Waals surface area (Å²) < 4.78 is 43.9. The van der Waals surface area contributed by atoms with Gasteiger partial charge in [-0.15, -0.1) is 11.3 Å². The van der Waals surface area contributed by atoms with Crippen LogP contribution in [0, 0.1) is 13.8 Å². The van der Waals surface area contributed by atoms with E-state index in [9.17, 15) is 18.0 Å². The Morgan fingerprint density at radius 2 is 2.13 bits per heavy atom. The summed E-state index contributed by atoms with van der Waals surface area (Å²) in [6, 6.07) is 1.07.